The molecular formula is C32H38N4O7. The first-order valence-corrected chi connectivity index (χ1v) is 13.8. The van der Waals surface area contributed by atoms with Crippen LogP contribution in [0.4, 0.5) is 10.5 Å². The normalized spacial score (nSPS) is 11.8. The number of nitrogens with one attached hydrogen (secondary N) is 3. The Labute approximate surface area is 251 Å². The molecule has 0 aliphatic heterocycles. The van der Waals surface area contributed by atoms with Crippen LogP contribution >= 0.6 is 0 Å². The number of amides is 3. The van der Waals surface area contributed by atoms with Crippen LogP contribution in [0.5, 0.6) is 11.5 Å². The molecule has 0 aliphatic carbocycles. The zero-order chi connectivity index (χ0) is 31.1. The second kappa shape index (κ2) is 16.5. The highest BCUT2D eigenvalue weighted by Crippen LogP contribution is 2.28. The molecule has 3 aromatic rings. The molecule has 3 rings (SSSR count). The summed E-state index contributed by atoms with van der Waals surface area (Å²) in [5.41, 5.74) is 3.88. The SMILES string of the molecule is CCOc1cc(/C=N\NC(=O)[C@H](COCc2ccccc2)NC(=O)OC(C)(C)C)ccc1OCC(=O)Nc1ccccc1. The first-order valence-electron chi connectivity index (χ1n) is 13.8. The van der Waals surface area contributed by atoms with Gasteiger partial charge in [0.05, 0.1) is 26.0 Å². The maximum absolute atomic E-state index is 12.9. The standard InChI is InChI=1S/C32H38N4O7/c1-5-41-28-18-24(16-17-27(28)42-22-29(37)34-25-14-10-7-11-15-25)19-33-36-30(38)26(35-31(39)43-32(2,3)4)21-40-20-23-12-8-6-9-13-23/h6-19,26H,5,20-22H2,1-4H3,(H,34,37)(H,35,39)(H,36,38)/b33-19-/t26-/m0/s1. The predicted molar refractivity (Wildman–Crippen MR) is 163 cm³/mol. The third-order valence-corrected chi connectivity index (χ3v) is 5.48. The summed E-state index contributed by atoms with van der Waals surface area (Å²) in [5, 5.41) is 9.33. The molecule has 0 fully saturated rings. The lowest BCUT2D eigenvalue weighted by atomic mass is 10.2. The van der Waals surface area contributed by atoms with E-state index in [1.54, 1.807) is 51.1 Å². The molecule has 0 heterocycles. The average molecular weight is 591 g/mol. The van der Waals surface area contributed by atoms with Crippen molar-refractivity contribution in [3.8, 4) is 11.5 Å². The van der Waals surface area contributed by atoms with Gasteiger partial charge >= 0.3 is 6.09 Å². The van der Waals surface area contributed by atoms with E-state index in [0.717, 1.165) is 5.56 Å². The van der Waals surface area contributed by atoms with Crippen LogP contribution in [0.25, 0.3) is 0 Å². The molecule has 0 saturated heterocycles. The number of hydrazone groups is 1. The van der Waals surface area contributed by atoms with Crippen molar-refractivity contribution in [2.45, 2.75) is 45.9 Å². The van der Waals surface area contributed by atoms with Crippen molar-refractivity contribution < 1.29 is 33.3 Å². The van der Waals surface area contributed by atoms with Gasteiger partial charge in [-0.05, 0) is 69.2 Å². The fraction of sp³-hybridized carbons (Fsp3) is 0.312. The first kappa shape index (κ1) is 32.6. The van der Waals surface area contributed by atoms with E-state index < -0.39 is 23.6 Å². The van der Waals surface area contributed by atoms with Crippen molar-refractivity contribution in [1.82, 2.24) is 10.7 Å². The molecule has 228 valence electrons. The summed E-state index contributed by atoms with van der Waals surface area (Å²) in [6.07, 6.45) is 0.663. The van der Waals surface area contributed by atoms with Gasteiger partial charge in [-0.2, -0.15) is 5.10 Å². The molecule has 0 saturated carbocycles. The van der Waals surface area contributed by atoms with E-state index in [4.69, 9.17) is 18.9 Å². The van der Waals surface area contributed by atoms with Crippen molar-refractivity contribution in [3.63, 3.8) is 0 Å². The molecule has 0 aromatic heterocycles. The van der Waals surface area contributed by atoms with E-state index in [1.807, 2.05) is 55.5 Å². The maximum Gasteiger partial charge on any atom is 0.408 e. The van der Waals surface area contributed by atoms with Gasteiger partial charge in [0, 0.05) is 5.69 Å². The van der Waals surface area contributed by atoms with Crippen LogP contribution in [0, 0.1) is 0 Å². The minimum Gasteiger partial charge on any atom is -0.490 e. The van der Waals surface area contributed by atoms with Crippen LogP contribution in [-0.4, -0.2) is 55.6 Å². The van der Waals surface area contributed by atoms with E-state index in [1.165, 1.54) is 6.21 Å². The summed E-state index contributed by atoms with van der Waals surface area (Å²) in [6.45, 7) is 7.31. The number of hydrogen-bond donors (Lipinski definition) is 3. The number of nitrogens with zero attached hydrogens (tertiary/aromatic N) is 1. The van der Waals surface area contributed by atoms with E-state index in [9.17, 15) is 14.4 Å². The Bertz CT molecular complexity index is 1360. The second-order valence-electron chi connectivity index (χ2n) is 10.3. The first-order chi connectivity index (χ1) is 20.6. The molecule has 11 heteroatoms. The number of para-hydroxylation sites is 1. The van der Waals surface area contributed by atoms with Crippen molar-refractivity contribution in [2.75, 3.05) is 25.1 Å². The van der Waals surface area contributed by atoms with E-state index >= 15 is 0 Å². The molecule has 3 amide bonds. The number of alkyl carbamates (subject to hydrolysis) is 1. The van der Waals surface area contributed by atoms with Crippen molar-refractivity contribution >= 4 is 29.8 Å². The fourth-order valence-electron chi connectivity index (χ4n) is 3.60. The average Bonchev–Trinajstić information content (AvgIpc) is 2.96. The van der Waals surface area contributed by atoms with Gasteiger partial charge in [0.25, 0.3) is 11.8 Å². The zero-order valence-corrected chi connectivity index (χ0v) is 24.8. The highest BCUT2D eigenvalue weighted by molar-refractivity contribution is 5.92. The quantitative estimate of drug-likeness (QED) is 0.183. The number of carbonyl (C=O) groups is 3. The summed E-state index contributed by atoms with van der Waals surface area (Å²) in [5.74, 6) is -0.124. The third-order valence-electron chi connectivity index (χ3n) is 5.48. The lowest BCUT2D eigenvalue weighted by Crippen LogP contribution is -2.49. The molecular weight excluding hydrogens is 552 g/mol. The van der Waals surface area contributed by atoms with Gasteiger partial charge < -0.3 is 29.6 Å². The molecule has 0 radical (unpaired) electrons. The Morgan fingerprint density at radius 1 is 0.907 bits per heavy atom. The molecule has 3 aromatic carbocycles. The molecule has 0 spiro atoms. The molecule has 43 heavy (non-hydrogen) atoms. The van der Waals surface area contributed by atoms with Crippen LogP contribution in [0.1, 0.15) is 38.8 Å². The minimum absolute atomic E-state index is 0.103. The van der Waals surface area contributed by atoms with Crippen LogP contribution in [0.2, 0.25) is 0 Å². The van der Waals surface area contributed by atoms with Gasteiger partial charge in [-0.25, -0.2) is 10.2 Å². The molecule has 11 nitrogen and oxygen atoms in total. The maximum atomic E-state index is 12.9. The number of anilines is 1. The monoisotopic (exact) mass is 590 g/mol. The highest BCUT2D eigenvalue weighted by atomic mass is 16.6. The summed E-state index contributed by atoms with van der Waals surface area (Å²) < 4.78 is 22.3. The van der Waals surface area contributed by atoms with Crippen LogP contribution < -0.4 is 25.5 Å². The van der Waals surface area contributed by atoms with Gasteiger partial charge in [-0.15, -0.1) is 0 Å². The van der Waals surface area contributed by atoms with Crippen molar-refractivity contribution in [1.29, 1.82) is 0 Å². The molecule has 0 bridgehead atoms. The zero-order valence-electron chi connectivity index (χ0n) is 24.8. The van der Waals surface area contributed by atoms with Crippen LogP contribution in [-0.2, 0) is 25.7 Å². The Balaban J connectivity index is 1.60. The van der Waals surface area contributed by atoms with E-state index in [-0.39, 0.29) is 25.7 Å². The largest absolute Gasteiger partial charge is 0.490 e. The Hall–Kier alpha value is -4.90. The Kier molecular flexibility index (Phi) is 12.5. The Morgan fingerprint density at radius 3 is 2.28 bits per heavy atom. The summed E-state index contributed by atoms with van der Waals surface area (Å²) in [7, 11) is 0. The van der Waals surface area contributed by atoms with Gasteiger partial charge in [0.15, 0.2) is 18.1 Å². The predicted octanol–water partition coefficient (Wildman–Crippen LogP) is 4.66. The fourth-order valence-corrected chi connectivity index (χ4v) is 3.60. The number of rotatable bonds is 14. The van der Waals surface area contributed by atoms with Gasteiger partial charge in [0.1, 0.15) is 11.6 Å². The summed E-state index contributed by atoms with van der Waals surface area (Å²) >= 11 is 0. The second-order valence-corrected chi connectivity index (χ2v) is 10.3. The van der Waals surface area contributed by atoms with Gasteiger partial charge in [-0.3, -0.25) is 9.59 Å². The third kappa shape index (κ3) is 12.2. The molecule has 0 unspecified atom stereocenters. The minimum atomic E-state index is -1.06. The van der Waals surface area contributed by atoms with Crippen molar-refractivity contribution in [3.05, 3.63) is 90.0 Å². The number of ether oxygens (including phenoxy) is 4. The highest BCUT2D eigenvalue weighted by Gasteiger charge is 2.24. The van der Waals surface area contributed by atoms with Gasteiger partial charge in [0.2, 0.25) is 0 Å². The van der Waals surface area contributed by atoms with Gasteiger partial charge in [-0.1, -0.05) is 48.5 Å². The van der Waals surface area contributed by atoms with Crippen molar-refractivity contribution in [2.24, 2.45) is 5.10 Å². The van der Waals surface area contributed by atoms with E-state index in [2.05, 4.69) is 21.2 Å². The Morgan fingerprint density at radius 2 is 1.60 bits per heavy atom. The molecule has 3 N–H and O–H groups in total. The van der Waals surface area contributed by atoms with Crippen LogP contribution in [0.15, 0.2) is 84.0 Å². The number of hydrogen-bond acceptors (Lipinski definition) is 8. The number of benzene rings is 3. The lowest BCUT2D eigenvalue weighted by molar-refractivity contribution is -0.124. The van der Waals surface area contributed by atoms with E-state index in [0.29, 0.717) is 29.4 Å². The molecule has 1 atom stereocenters. The topological polar surface area (TPSA) is 137 Å². The summed E-state index contributed by atoms with van der Waals surface area (Å²) in [4.78, 5) is 37.6. The number of carbonyl (C=O) groups excluding carboxylic acids is 3. The lowest BCUT2D eigenvalue weighted by Gasteiger charge is -2.22. The smallest absolute Gasteiger partial charge is 0.408 e. The molecule has 0 aliphatic rings. The van der Waals surface area contributed by atoms with Crippen LogP contribution in [0.3, 0.4) is 0 Å². The summed E-state index contributed by atoms with van der Waals surface area (Å²) in [6, 6.07) is 22.5.